The van der Waals surface area contributed by atoms with E-state index in [4.69, 9.17) is 11.6 Å². The van der Waals surface area contributed by atoms with Crippen molar-refractivity contribution in [3.63, 3.8) is 0 Å². The van der Waals surface area contributed by atoms with E-state index in [1.807, 2.05) is 38.1 Å². The maximum atomic E-state index is 14.0. The molecule has 5 nitrogen and oxygen atoms in total. The van der Waals surface area contributed by atoms with Crippen LogP contribution >= 0.6 is 11.6 Å². The van der Waals surface area contributed by atoms with Crippen molar-refractivity contribution in [1.82, 2.24) is 9.62 Å². The summed E-state index contributed by atoms with van der Waals surface area (Å²) in [6.45, 7) is 4.39. The average Bonchev–Trinajstić information content (AvgIpc) is 2.71. The number of nitrogens with one attached hydrogen (secondary N) is 1. The second-order valence-corrected chi connectivity index (χ2v) is 10.1. The summed E-state index contributed by atoms with van der Waals surface area (Å²) in [5.74, 6) is -1.44. The SMILES string of the molecule is Cc1ccc(C(C)NC(=O)C2CCN(S(=O)(=O)Cc3c(F)cccc3Cl)CC2)cc1. The first-order valence-corrected chi connectivity index (χ1v) is 11.9. The van der Waals surface area contributed by atoms with E-state index in [9.17, 15) is 17.6 Å². The van der Waals surface area contributed by atoms with Crippen molar-refractivity contribution < 1.29 is 17.6 Å². The highest BCUT2D eigenvalue weighted by atomic mass is 35.5. The Balaban J connectivity index is 1.57. The maximum absolute atomic E-state index is 14.0. The highest BCUT2D eigenvalue weighted by Crippen LogP contribution is 2.26. The van der Waals surface area contributed by atoms with Crippen LogP contribution in [0.5, 0.6) is 0 Å². The van der Waals surface area contributed by atoms with Crippen LogP contribution in [-0.4, -0.2) is 31.7 Å². The Morgan fingerprint density at radius 3 is 2.43 bits per heavy atom. The van der Waals surface area contributed by atoms with Gasteiger partial charge in [0.2, 0.25) is 15.9 Å². The van der Waals surface area contributed by atoms with Crippen molar-refractivity contribution in [2.45, 2.75) is 38.5 Å². The Kier molecular flexibility index (Phi) is 7.16. The lowest BCUT2D eigenvalue weighted by atomic mass is 9.96. The zero-order valence-electron chi connectivity index (χ0n) is 17.1. The van der Waals surface area contributed by atoms with E-state index in [0.29, 0.717) is 12.8 Å². The fourth-order valence-corrected chi connectivity index (χ4v) is 5.53. The van der Waals surface area contributed by atoms with E-state index in [1.165, 1.54) is 22.5 Å². The zero-order valence-corrected chi connectivity index (χ0v) is 18.6. The molecule has 1 fully saturated rings. The first-order valence-electron chi connectivity index (χ1n) is 9.95. The Bertz CT molecular complexity index is 983. The number of carbonyl (C=O) groups is 1. The highest BCUT2D eigenvalue weighted by molar-refractivity contribution is 7.88. The second-order valence-electron chi connectivity index (χ2n) is 7.77. The van der Waals surface area contributed by atoms with Gasteiger partial charge >= 0.3 is 0 Å². The first-order chi connectivity index (χ1) is 14.2. The van der Waals surface area contributed by atoms with E-state index in [0.717, 1.165) is 11.1 Å². The Morgan fingerprint density at radius 1 is 1.20 bits per heavy atom. The van der Waals surface area contributed by atoms with Crippen LogP contribution in [0.15, 0.2) is 42.5 Å². The topological polar surface area (TPSA) is 66.5 Å². The molecule has 0 aromatic heterocycles. The summed E-state index contributed by atoms with van der Waals surface area (Å²) in [5.41, 5.74) is 2.16. The quantitative estimate of drug-likeness (QED) is 0.714. The van der Waals surface area contributed by atoms with Gasteiger partial charge in [-0.3, -0.25) is 4.79 Å². The molecule has 3 rings (SSSR count). The predicted molar refractivity (Wildman–Crippen MR) is 116 cm³/mol. The Hall–Kier alpha value is -1.96. The average molecular weight is 453 g/mol. The number of halogens is 2. The predicted octanol–water partition coefficient (Wildman–Crippen LogP) is 4.21. The molecule has 0 aliphatic carbocycles. The summed E-state index contributed by atoms with van der Waals surface area (Å²) in [6, 6.07) is 12.0. The van der Waals surface area contributed by atoms with Gasteiger partial charge < -0.3 is 5.32 Å². The summed E-state index contributed by atoms with van der Waals surface area (Å²) < 4.78 is 40.8. The molecule has 1 heterocycles. The highest BCUT2D eigenvalue weighted by Gasteiger charge is 2.32. The molecule has 1 aliphatic rings. The van der Waals surface area contributed by atoms with Crippen LogP contribution in [0.1, 0.15) is 42.5 Å². The molecular formula is C22H26ClFN2O3S. The molecule has 162 valence electrons. The van der Waals surface area contributed by atoms with Crippen LogP contribution in [0.25, 0.3) is 0 Å². The fraction of sp³-hybridized carbons (Fsp3) is 0.409. The minimum atomic E-state index is -3.72. The molecule has 2 aromatic rings. The van der Waals surface area contributed by atoms with E-state index in [2.05, 4.69) is 5.32 Å². The third-order valence-corrected chi connectivity index (χ3v) is 7.70. The van der Waals surface area contributed by atoms with Crippen LogP contribution in [-0.2, 0) is 20.6 Å². The molecule has 2 aromatic carbocycles. The molecule has 1 N–H and O–H groups in total. The molecular weight excluding hydrogens is 427 g/mol. The monoisotopic (exact) mass is 452 g/mol. The van der Waals surface area contributed by atoms with Crippen molar-refractivity contribution in [3.8, 4) is 0 Å². The number of amides is 1. The molecule has 0 radical (unpaired) electrons. The largest absolute Gasteiger partial charge is 0.349 e. The van der Waals surface area contributed by atoms with Crippen LogP contribution in [0, 0.1) is 18.7 Å². The standard InChI is InChI=1S/C22H26ClFN2O3S/c1-15-6-8-17(9-7-15)16(2)25-22(27)18-10-12-26(13-11-18)30(28,29)14-19-20(23)4-3-5-21(19)24/h3-9,16,18H,10-14H2,1-2H3,(H,25,27). The van der Waals surface area contributed by atoms with Crippen LogP contribution < -0.4 is 5.32 Å². The van der Waals surface area contributed by atoms with Crippen molar-refractivity contribution >= 4 is 27.5 Å². The summed E-state index contributed by atoms with van der Waals surface area (Å²) >= 11 is 5.97. The molecule has 1 atom stereocenters. The lowest BCUT2D eigenvalue weighted by Crippen LogP contribution is -2.43. The van der Waals surface area contributed by atoms with E-state index in [-0.39, 0.29) is 41.5 Å². The molecule has 0 spiro atoms. The van der Waals surface area contributed by atoms with Crippen LogP contribution in [0.2, 0.25) is 5.02 Å². The van der Waals surface area contributed by atoms with Gasteiger partial charge in [0.05, 0.1) is 11.8 Å². The van der Waals surface area contributed by atoms with Gasteiger partial charge in [-0.15, -0.1) is 0 Å². The molecule has 1 unspecified atom stereocenters. The van der Waals surface area contributed by atoms with Crippen LogP contribution in [0.3, 0.4) is 0 Å². The molecule has 1 amide bonds. The molecule has 30 heavy (non-hydrogen) atoms. The number of benzene rings is 2. The number of hydrogen-bond donors (Lipinski definition) is 1. The van der Waals surface area contributed by atoms with Gasteiger partial charge in [0.25, 0.3) is 0 Å². The van der Waals surface area contributed by atoms with Gasteiger partial charge in [-0.05, 0) is 44.4 Å². The van der Waals surface area contributed by atoms with Crippen LogP contribution in [0.4, 0.5) is 4.39 Å². The second kappa shape index (κ2) is 9.45. The fourth-order valence-electron chi connectivity index (χ4n) is 3.61. The Labute approximate surface area is 182 Å². The summed E-state index contributed by atoms with van der Waals surface area (Å²) in [4.78, 5) is 12.6. The number of hydrogen-bond acceptors (Lipinski definition) is 3. The van der Waals surface area contributed by atoms with Crippen molar-refractivity contribution in [3.05, 3.63) is 70.0 Å². The third kappa shape index (κ3) is 5.39. The molecule has 8 heteroatoms. The van der Waals surface area contributed by atoms with Gasteiger partial charge in [0.1, 0.15) is 5.82 Å². The van der Waals surface area contributed by atoms with Gasteiger partial charge in [0, 0.05) is 29.6 Å². The normalized spacial score (nSPS) is 16.9. The van der Waals surface area contributed by atoms with Gasteiger partial charge in [-0.2, -0.15) is 0 Å². The molecule has 0 saturated carbocycles. The molecule has 0 bridgehead atoms. The lowest BCUT2D eigenvalue weighted by Gasteiger charge is -2.31. The zero-order chi connectivity index (χ0) is 21.9. The number of sulfonamides is 1. The maximum Gasteiger partial charge on any atom is 0.223 e. The number of nitrogens with zero attached hydrogens (tertiary/aromatic N) is 1. The van der Waals surface area contributed by atoms with Crippen molar-refractivity contribution in [2.75, 3.05) is 13.1 Å². The van der Waals surface area contributed by atoms with E-state index in [1.54, 1.807) is 0 Å². The smallest absolute Gasteiger partial charge is 0.223 e. The van der Waals surface area contributed by atoms with Gasteiger partial charge in [-0.1, -0.05) is 47.5 Å². The van der Waals surface area contributed by atoms with E-state index >= 15 is 0 Å². The number of piperidine rings is 1. The van der Waals surface area contributed by atoms with Gasteiger partial charge in [0.15, 0.2) is 0 Å². The summed E-state index contributed by atoms with van der Waals surface area (Å²) in [7, 11) is -3.72. The summed E-state index contributed by atoms with van der Waals surface area (Å²) in [5, 5.41) is 3.12. The van der Waals surface area contributed by atoms with Crippen molar-refractivity contribution in [1.29, 1.82) is 0 Å². The molecule has 1 aliphatic heterocycles. The van der Waals surface area contributed by atoms with E-state index < -0.39 is 21.6 Å². The summed E-state index contributed by atoms with van der Waals surface area (Å²) in [6.07, 6.45) is 0.855. The number of rotatable bonds is 6. The van der Waals surface area contributed by atoms with Gasteiger partial charge in [-0.25, -0.2) is 17.1 Å². The first kappa shape index (κ1) is 22.7. The Morgan fingerprint density at radius 2 is 1.83 bits per heavy atom. The lowest BCUT2D eigenvalue weighted by molar-refractivity contribution is -0.126. The number of aryl methyl sites for hydroxylation is 1. The van der Waals surface area contributed by atoms with Crippen molar-refractivity contribution in [2.24, 2.45) is 5.92 Å². The molecule has 1 saturated heterocycles. The third-order valence-electron chi connectivity index (χ3n) is 5.54. The minimum absolute atomic E-state index is 0.0223. The minimum Gasteiger partial charge on any atom is -0.349 e. The number of carbonyl (C=O) groups excluding carboxylic acids is 1.